The lowest BCUT2D eigenvalue weighted by molar-refractivity contribution is 0.0714. The van der Waals surface area contributed by atoms with E-state index in [2.05, 4.69) is 18.3 Å². The van der Waals surface area contributed by atoms with Gasteiger partial charge in [-0.15, -0.1) is 11.3 Å². The van der Waals surface area contributed by atoms with Crippen molar-refractivity contribution in [1.29, 1.82) is 0 Å². The predicted molar refractivity (Wildman–Crippen MR) is 74.3 cm³/mol. The normalized spacial score (nSPS) is 23.8. The molecule has 0 bridgehead atoms. The number of thiophene rings is 1. The van der Waals surface area contributed by atoms with Crippen molar-refractivity contribution >= 4 is 17.2 Å². The second kappa shape index (κ2) is 5.02. The Balaban J connectivity index is 1.77. The van der Waals surface area contributed by atoms with E-state index in [4.69, 9.17) is 0 Å². The average Bonchev–Trinajstić information content (AvgIpc) is 2.81. The van der Waals surface area contributed by atoms with Gasteiger partial charge in [-0.25, -0.2) is 0 Å². The molecule has 1 saturated heterocycles. The van der Waals surface area contributed by atoms with Crippen LogP contribution in [0.25, 0.3) is 0 Å². The Morgan fingerprint density at radius 3 is 3.06 bits per heavy atom. The number of nitrogens with zero attached hydrogens (tertiary/aromatic N) is 1. The molecule has 1 aromatic heterocycles. The molecule has 98 valence electrons. The summed E-state index contributed by atoms with van der Waals surface area (Å²) in [5.74, 6) is 0.239. The summed E-state index contributed by atoms with van der Waals surface area (Å²) in [6, 6.07) is 2.56. The minimum absolute atomic E-state index is 0.239. The first-order valence-electron chi connectivity index (χ1n) is 6.88. The molecule has 0 radical (unpaired) electrons. The standard InChI is InChI=1S/C14H20N2OS/c1-10-9-16(7-6-15-10)14(17)13-8-11-4-2-3-5-12(11)18-13/h8,10,15H,2-7,9H2,1H3/t10-/m1/s1. The van der Waals surface area contributed by atoms with E-state index >= 15 is 0 Å². The molecule has 0 saturated carbocycles. The number of hydrogen-bond acceptors (Lipinski definition) is 3. The van der Waals surface area contributed by atoms with Crippen molar-refractivity contribution in [2.75, 3.05) is 19.6 Å². The van der Waals surface area contributed by atoms with Crippen molar-refractivity contribution in [2.24, 2.45) is 0 Å². The fourth-order valence-electron chi connectivity index (χ4n) is 2.87. The van der Waals surface area contributed by atoms with Crippen LogP contribution in [0.4, 0.5) is 0 Å². The second-order valence-electron chi connectivity index (χ2n) is 5.37. The van der Waals surface area contributed by atoms with Crippen molar-refractivity contribution in [3.05, 3.63) is 21.4 Å². The molecule has 0 unspecified atom stereocenters. The Morgan fingerprint density at radius 1 is 1.44 bits per heavy atom. The Bertz CT molecular complexity index is 431. The topological polar surface area (TPSA) is 32.3 Å². The number of hydrogen-bond donors (Lipinski definition) is 1. The van der Waals surface area contributed by atoms with E-state index in [1.165, 1.54) is 29.7 Å². The van der Waals surface area contributed by atoms with Crippen LogP contribution < -0.4 is 5.32 Å². The minimum atomic E-state index is 0.239. The third kappa shape index (κ3) is 2.31. The van der Waals surface area contributed by atoms with E-state index in [0.717, 1.165) is 30.9 Å². The molecule has 1 atom stereocenters. The van der Waals surface area contributed by atoms with Crippen molar-refractivity contribution < 1.29 is 4.79 Å². The van der Waals surface area contributed by atoms with Crippen LogP contribution in [0.2, 0.25) is 0 Å². The molecule has 1 N–H and O–H groups in total. The molecule has 0 aromatic carbocycles. The van der Waals surface area contributed by atoms with E-state index in [0.29, 0.717) is 6.04 Å². The number of fused-ring (bicyclic) bond motifs is 1. The SMILES string of the molecule is C[C@@H]1CN(C(=O)c2cc3c(s2)CCCC3)CCN1. The highest BCUT2D eigenvalue weighted by Gasteiger charge is 2.24. The summed E-state index contributed by atoms with van der Waals surface area (Å²) in [6.45, 7) is 4.73. The van der Waals surface area contributed by atoms with Crippen LogP contribution >= 0.6 is 11.3 Å². The van der Waals surface area contributed by atoms with E-state index in [1.807, 2.05) is 4.90 Å². The predicted octanol–water partition coefficient (Wildman–Crippen LogP) is 2.06. The van der Waals surface area contributed by atoms with Gasteiger partial charge in [0.2, 0.25) is 0 Å². The van der Waals surface area contributed by atoms with Crippen molar-refractivity contribution in [3.63, 3.8) is 0 Å². The van der Waals surface area contributed by atoms with Crippen molar-refractivity contribution in [2.45, 2.75) is 38.6 Å². The highest BCUT2D eigenvalue weighted by Crippen LogP contribution is 2.30. The maximum atomic E-state index is 12.5. The summed E-state index contributed by atoms with van der Waals surface area (Å²) in [6.07, 6.45) is 4.90. The summed E-state index contributed by atoms with van der Waals surface area (Å²) >= 11 is 1.73. The molecular weight excluding hydrogens is 244 g/mol. The number of amides is 1. The van der Waals surface area contributed by atoms with Gasteiger partial charge in [0.1, 0.15) is 0 Å². The first kappa shape index (κ1) is 12.2. The maximum absolute atomic E-state index is 12.5. The molecule has 3 rings (SSSR count). The van der Waals surface area contributed by atoms with E-state index in [1.54, 1.807) is 11.3 Å². The molecule has 1 aliphatic heterocycles. The van der Waals surface area contributed by atoms with Gasteiger partial charge in [-0.3, -0.25) is 4.79 Å². The summed E-state index contributed by atoms with van der Waals surface area (Å²) in [4.78, 5) is 16.9. The lowest BCUT2D eigenvalue weighted by Crippen LogP contribution is -2.51. The summed E-state index contributed by atoms with van der Waals surface area (Å²) in [7, 11) is 0. The Morgan fingerprint density at radius 2 is 2.28 bits per heavy atom. The van der Waals surface area contributed by atoms with Gasteiger partial charge < -0.3 is 10.2 Å². The first-order valence-corrected chi connectivity index (χ1v) is 7.70. The van der Waals surface area contributed by atoms with Gasteiger partial charge in [-0.05, 0) is 44.2 Å². The second-order valence-corrected chi connectivity index (χ2v) is 6.51. The molecule has 1 fully saturated rings. The van der Waals surface area contributed by atoms with Crippen LogP contribution in [0.1, 0.15) is 39.9 Å². The number of nitrogens with one attached hydrogen (secondary N) is 1. The molecule has 1 aromatic rings. The number of carbonyl (C=O) groups excluding carboxylic acids is 1. The molecule has 0 spiro atoms. The van der Waals surface area contributed by atoms with Gasteiger partial charge in [-0.1, -0.05) is 0 Å². The smallest absolute Gasteiger partial charge is 0.264 e. The molecule has 2 aliphatic rings. The summed E-state index contributed by atoms with van der Waals surface area (Å²) in [5.41, 5.74) is 1.43. The van der Waals surface area contributed by atoms with Gasteiger partial charge in [-0.2, -0.15) is 0 Å². The molecule has 4 heteroatoms. The van der Waals surface area contributed by atoms with Gasteiger partial charge in [0.25, 0.3) is 5.91 Å². The Hall–Kier alpha value is -0.870. The summed E-state index contributed by atoms with van der Waals surface area (Å²) in [5, 5.41) is 3.38. The number of rotatable bonds is 1. The Labute approximate surface area is 112 Å². The van der Waals surface area contributed by atoms with Crippen LogP contribution in [0, 0.1) is 0 Å². The fourth-order valence-corrected chi connectivity index (χ4v) is 4.09. The largest absolute Gasteiger partial charge is 0.335 e. The molecular formula is C14H20N2OS. The van der Waals surface area contributed by atoms with Gasteiger partial charge in [0.15, 0.2) is 0 Å². The lowest BCUT2D eigenvalue weighted by atomic mass is 9.99. The molecule has 1 aliphatic carbocycles. The molecule has 1 amide bonds. The van der Waals surface area contributed by atoms with Crippen LogP contribution in [-0.2, 0) is 12.8 Å². The van der Waals surface area contributed by atoms with E-state index in [-0.39, 0.29) is 5.91 Å². The van der Waals surface area contributed by atoms with Gasteiger partial charge in [0.05, 0.1) is 4.88 Å². The van der Waals surface area contributed by atoms with Gasteiger partial charge >= 0.3 is 0 Å². The molecule has 3 nitrogen and oxygen atoms in total. The van der Waals surface area contributed by atoms with Crippen LogP contribution in [0.5, 0.6) is 0 Å². The van der Waals surface area contributed by atoms with Crippen molar-refractivity contribution in [3.8, 4) is 0 Å². The zero-order chi connectivity index (χ0) is 12.5. The Kier molecular flexibility index (Phi) is 3.39. The quantitative estimate of drug-likeness (QED) is 0.842. The maximum Gasteiger partial charge on any atom is 0.264 e. The van der Waals surface area contributed by atoms with E-state index in [9.17, 15) is 4.79 Å². The van der Waals surface area contributed by atoms with Crippen molar-refractivity contribution in [1.82, 2.24) is 10.2 Å². The third-order valence-electron chi connectivity index (χ3n) is 3.86. The van der Waals surface area contributed by atoms with Crippen LogP contribution in [-0.4, -0.2) is 36.5 Å². The minimum Gasteiger partial charge on any atom is -0.335 e. The summed E-state index contributed by atoms with van der Waals surface area (Å²) < 4.78 is 0. The van der Waals surface area contributed by atoms with E-state index < -0.39 is 0 Å². The monoisotopic (exact) mass is 264 g/mol. The fraction of sp³-hybridized carbons (Fsp3) is 0.643. The highest BCUT2D eigenvalue weighted by molar-refractivity contribution is 7.14. The molecule has 18 heavy (non-hydrogen) atoms. The molecule has 2 heterocycles. The van der Waals surface area contributed by atoms with Crippen LogP contribution in [0.3, 0.4) is 0 Å². The number of piperazine rings is 1. The zero-order valence-electron chi connectivity index (χ0n) is 10.9. The van der Waals surface area contributed by atoms with Crippen LogP contribution in [0.15, 0.2) is 6.07 Å². The third-order valence-corrected chi connectivity index (χ3v) is 5.09. The highest BCUT2D eigenvalue weighted by atomic mass is 32.1. The zero-order valence-corrected chi connectivity index (χ0v) is 11.7. The number of carbonyl (C=O) groups is 1. The first-order chi connectivity index (χ1) is 8.74. The lowest BCUT2D eigenvalue weighted by Gasteiger charge is -2.31. The van der Waals surface area contributed by atoms with Gasteiger partial charge in [0, 0.05) is 30.6 Å². The number of aryl methyl sites for hydroxylation is 2. The average molecular weight is 264 g/mol.